The van der Waals surface area contributed by atoms with Crippen LogP contribution in [0.25, 0.3) is 0 Å². The molecule has 1 unspecified atom stereocenters. The zero-order valence-corrected chi connectivity index (χ0v) is 9.32. The van der Waals surface area contributed by atoms with Gasteiger partial charge in [-0.25, -0.2) is 13.3 Å². The Morgan fingerprint density at radius 2 is 1.86 bits per heavy atom. The van der Waals surface area contributed by atoms with Crippen LogP contribution in [0.2, 0.25) is 0 Å². The summed E-state index contributed by atoms with van der Waals surface area (Å²) >= 11 is 0. The summed E-state index contributed by atoms with van der Waals surface area (Å²) in [4.78, 5) is 0.197. The first-order valence-corrected chi connectivity index (χ1v) is 5.49. The fourth-order valence-corrected chi connectivity index (χ4v) is 2.04. The van der Waals surface area contributed by atoms with Gasteiger partial charge in [-0.15, -0.1) is 0 Å². The molecule has 0 spiro atoms. The molecule has 1 N–H and O–H groups in total. The SMILES string of the molecule is CC(C)(C)NS(=O)c1ccccc1F. The Bertz CT molecular complexity index is 346. The van der Waals surface area contributed by atoms with Gasteiger partial charge in [0.2, 0.25) is 0 Å². The van der Waals surface area contributed by atoms with E-state index in [4.69, 9.17) is 0 Å². The number of rotatable bonds is 2. The zero-order valence-electron chi connectivity index (χ0n) is 8.50. The first kappa shape index (κ1) is 11.3. The van der Waals surface area contributed by atoms with Crippen molar-refractivity contribution in [2.24, 2.45) is 0 Å². The summed E-state index contributed by atoms with van der Waals surface area (Å²) in [6.07, 6.45) is 0. The lowest BCUT2D eigenvalue weighted by Crippen LogP contribution is -2.37. The predicted octanol–water partition coefficient (Wildman–Crippen LogP) is 2.24. The van der Waals surface area contributed by atoms with Crippen LogP contribution in [0.5, 0.6) is 0 Å². The van der Waals surface area contributed by atoms with Crippen molar-refractivity contribution < 1.29 is 8.60 Å². The van der Waals surface area contributed by atoms with Crippen molar-refractivity contribution in [1.29, 1.82) is 0 Å². The predicted molar refractivity (Wildman–Crippen MR) is 55.7 cm³/mol. The van der Waals surface area contributed by atoms with Crippen molar-refractivity contribution in [3.8, 4) is 0 Å². The van der Waals surface area contributed by atoms with Gasteiger partial charge in [-0.3, -0.25) is 0 Å². The fraction of sp³-hybridized carbons (Fsp3) is 0.400. The first-order chi connectivity index (χ1) is 6.40. The number of halogens is 1. The molecule has 1 aromatic rings. The van der Waals surface area contributed by atoms with Crippen LogP contribution in [0.3, 0.4) is 0 Å². The lowest BCUT2D eigenvalue weighted by molar-refractivity contribution is 0.516. The molecule has 0 radical (unpaired) electrons. The van der Waals surface area contributed by atoms with E-state index in [1.165, 1.54) is 12.1 Å². The van der Waals surface area contributed by atoms with Gasteiger partial charge in [-0.2, -0.15) is 0 Å². The van der Waals surface area contributed by atoms with Crippen LogP contribution < -0.4 is 4.72 Å². The van der Waals surface area contributed by atoms with Gasteiger partial charge in [0.05, 0.1) is 4.90 Å². The van der Waals surface area contributed by atoms with Crippen molar-refractivity contribution in [3.05, 3.63) is 30.1 Å². The molecule has 0 heterocycles. The Kier molecular flexibility index (Phi) is 3.39. The molecule has 0 amide bonds. The van der Waals surface area contributed by atoms with Gasteiger partial charge in [-0.1, -0.05) is 12.1 Å². The third-order valence-electron chi connectivity index (χ3n) is 1.44. The minimum absolute atomic E-state index is 0.197. The van der Waals surface area contributed by atoms with Gasteiger partial charge >= 0.3 is 0 Å². The lowest BCUT2D eigenvalue weighted by Gasteiger charge is -2.19. The van der Waals surface area contributed by atoms with E-state index in [1.54, 1.807) is 12.1 Å². The highest BCUT2D eigenvalue weighted by Gasteiger charge is 2.16. The topological polar surface area (TPSA) is 29.1 Å². The number of hydrogen-bond donors (Lipinski definition) is 1. The highest BCUT2D eigenvalue weighted by molar-refractivity contribution is 7.83. The third kappa shape index (κ3) is 3.20. The minimum Gasteiger partial charge on any atom is -0.237 e. The van der Waals surface area contributed by atoms with E-state index in [9.17, 15) is 8.60 Å². The average Bonchev–Trinajstić information content (AvgIpc) is 2.01. The molecular weight excluding hydrogens is 201 g/mol. The molecule has 78 valence electrons. The maximum atomic E-state index is 13.2. The van der Waals surface area contributed by atoms with E-state index >= 15 is 0 Å². The van der Waals surface area contributed by atoms with E-state index < -0.39 is 16.8 Å². The second-order valence-corrected chi connectivity index (χ2v) is 5.23. The van der Waals surface area contributed by atoms with Crippen molar-refractivity contribution in [3.63, 3.8) is 0 Å². The van der Waals surface area contributed by atoms with Gasteiger partial charge in [0.15, 0.2) is 0 Å². The molecule has 2 nitrogen and oxygen atoms in total. The Hall–Kier alpha value is -0.740. The van der Waals surface area contributed by atoms with Crippen LogP contribution in [0.15, 0.2) is 29.2 Å². The minimum atomic E-state index is -1.49. The maximum Gasteiger partial charge on any atom is 0.140 e. The normalized spacial score (nSPS) is 14.0. The van der Waals surface area contributed by atoms with Crippen molar-refractivity contribution in [1.82, 2.24) is 4.72 Å². The van der Waals surface area contributed by atoms with Crippen molar-refractivity contribution in [2.45, 2.75) is 31.2 Å². The molecule has 4 heteroatoms. The summed E-state index contributed by atoms with van der Waals surface area (Å²) < 4.78 is 27.6. The molecule has 0 bridgehead atoms. The molecule has 0 fully saturated rings. The Labute approximate surface area is 86.1 Å². The van der Waals surface area contributed by atoms with Crippen molar-refractivity contribution in [2.75, 3.05) is 0 Å². The molecule has 0 saturated heterocycles. The van der Waals surface area contributed by atoms with Crippen LogP contribution in [-0.4, -0.2) is 9.75 Å². The standard InChI is InChI=1S/C10H14FNOS/c1-10(2,3)12-14(13)9-7-5-4-6-8(9)11/h4-7,12H,1-3H3. The number of hydrogen-bond acceptors (Lipinski definition) is 1. The smallest absolute Gasteiger partial charge is 0.140 e. The van der Waals surface area contributed by atoms with Gasteiger partial charge in [0.1, 0.15) is 16.8 Å². The summed E-state index contributed by atoms with van der Waals surface area (Å²) in [6, 6.07) is 6.07. The highest BCUT2D eigenvalue weighted by atomic mass is 32.2. The molecule has 0 aliphatic carbocycles. The van der Waals surface area contributed by atoms with Crippen LogP contribution >= 0.6 is 0 Å². The fourth-order valence-electron chi connectivity index (χ4n) is 0.928. The van der Waals surface area contributed by atoms with E-state index in [0.29, 0.717) is 0 Å². The molecule has 1 atom stereocenters. The second kappa shape index (κ2) is 4.19. The highest BCUT2D eigenvalue weighted by Crippen LogP contribution is 2.12. The molecule has 0 aliphatic heterocycles. The number of nitrogens with one attached hydrogen (secondary N) is 1. The summed E-state index contributed by atoms with van der Waals surface area (Å²) in [6.45, 7) is 5.64. The van der Waals surface area contributed by atoms with Crippen LogP contribution in [-0.2, 0) is 11.0 Å². The third-order valence-corrected chi connectivity index (χ3v) is 2.96. The van der Waals surface area contributed by atoms with Gasteiger partial charge in [0.25, 0.3) is 0 Å². The van der Waals surface area contributed by atoms with E-state index in [-0.39, 0.29) is 10.4 Å². The van der Waals surface area contributed by atoms with Crippen LogP contribution in [0, 0.1) is 5.82 Å². The van der Waals surface area contributed by atoms with E-state index in [2.05, 4.69) is 4.72 Å². The molecule has 0 aromatic heterocycles. The lowest BCUT2D eigenvalue weighted by atomic mass is 10.1. The summed E-state index contributed by atoms with van der Waals surface area (Å²) in [5.74, 6) is -0.442. The maximum absolute atomic E-state index is 13.2. The Balaban J connectivity index is 2.86. The quantitative estimate of drug-likeness (QED) is 0.805. The van der Waals surface area contributed by atoms with Gasteiger partial charge in [-0.05, 0) is 32.9 Å². The van der Waals surface area contributed by atoms with E-state index in [1.807, 2.05) is 20.8 Å². The second-order valence-electron chi connectivity index (χ2n) is 4.05. The van der Waals surface area contributed by atoms with Gasteiger partial charge in [0, 0.05) is 5.54 Å². The first-order valence-electron chi connectivity index (χ1n) is 4.34. The summed E-state index contributed by atoms with van der Waals surface area (Å²) in [5.41, 5.74) is -0.298. The molecular formula is C10H14FNOS. The molecule has 0 aliphatic rings. The van der Waals surface area contributed by atoms with Gasteiger partial charge < -0.3 is 0 Å². The summed E-state index contributed by atoms with van der Waals surface area (Å²) in [7, 11) is -1.49. The monoisotopic (exact) mass is 215 g/mol. The largest absolute Gasteiger partial charge is 0.237 e. The van der Waals surface area contributed by atoms with Crippen LogP contribution in [0.1, 0.15) is 20.8 Å². The van der Waals surface area contributed by atoms with Crippen molar-refractivity contribution >= 4 is 11.0 Å². The van der Waals surface area contributed by atoms with E-state index in [0.717, 1.165) is 0 Å². The molecule has 14 heavy (non-hydrogen) atoms. The summed E-state index contributed by atoms with van der Waals surface area (Å²) in [5, 5.41) is 0. The number of benzene rings is 1. The Morgan fingerprint density at radius 3 is 2.36 bits per heavy atom. The zero-order chi connectivity index (χ0) is 10.8. The van der Waals surface area contributed by atoms with Crippen LogP contribution in [0.4, 0.5) is 4.39 Å². The average molecular weight is 215 g/mol. The molecule has 1 aromatic carbocycles. The molecule has 0 saturated carbocycles. The molecule has 1 rings (SSSR count). The Morgan fingerprint density at radius 1 is 1.29 bits per heavy atom.